The third kappa shape index (κ3) is 3.10. The van der Waals surface area contributed by atoms with Crippen LogP contribution in [0, 0.1) is 0 Å². The first kappa shape index (κ1) is 14.5. The van der Waals surface area contributed by atoms with Crippen LogP contribution in [-0.2, 0) is 0 Å². The van der Waals surface area contributed by atoms with E-state index >= 15 is 0 Å². The van der Waals surface area contributed by atoms with Gasteiger partial charge in [0.05, 0.1) is 0 Å². The van der Waals surface area contributed by atoms with Gasteiger partial charge in [-0.25, -0.2) is 0 Å². The van der Waals surface area contributed by atoms with Gasteiger partial charge in [0.1, 0.15) is 17.4 Å². The number of fused-ring (bicyclic) bond motifs is 1. The average molecular weight is 363 g/mol. The van der Waals surface area contributed by atoms with Crippen LogP contribution in [0.5, 0.6) is 5.75 Å². The first-order valence-electron chi connectivity index (χ1n) is 6.65. The molecule has 0 spiro atoms. The average Bonchev–Trinajstić information content (AvgIpc) is 2.90. The monoisotopic (exact) mass is 362 g/mol. The van der Waals surface area contributed by atoms with E-state index < -0.39 is 0 Å². The molecule has 0 saturated heterocycles. The standard InChI is InChI=1S/C16H15BrN2OS/c1-10(18)16(14-8-12(17)9-21-14)20-13-6-2-4-11-5-3-7-19-15(11)13/h2-10,16H,18H2,1H3. The van der Waals surface area contributed by atoms with Gasteiger partial charge in [0.2, 0.25) is 0 Å². The number of halogens is 1. The first-order chi connectivity index (χ1) is 10.1. The van der Waals surface area contributed by atoms with Crippen LogP contribution in [0.15, 0.2) is 52.4 Å². The largest absolute Gasteiger partial charge is 0.481 e. The smallest absolute Gasteiger partial charge is 0.148 e. The molecule has 0 aliphatic carbocycles. The van der Waals surface area contributed by atoms with E-state index in [0.29, 0.717) is 0 Å². The molecule has 2 N–H and O–H groups in total. The Labute approximate surface area is 135 Å². The second kappa shape index (κ2) is 6.13. The first-order valence-corrected chi connectivity index (χ1v) is 8.32. The van der Waals surface area contributed by atoms with Crippen LogP contribution in [0.3, 0.4) is 0 Å². The quantitative estimate of drug-likeness (QED) is 0.741. The molecule has 0 bridgehead atoms. The summed E-state index contributed by atoms with van der Waals surface area (Å²) >= 11 is 5.11. The number of pyridine rings is 1. The molecular formula is C16H15BrN2OS. The van der Waals surface area contributed by atoms with E-state index in [1.807, 2.05) is 42.6 Å². The van der Waals surface area contributed by atoms with E-state index in [1.165, 1.54) is 0 Å². The summed E-state index contributed by atoms with van der Waals surface area (Å²) in [6, 6.07) is 11.8. The summed E-state index contributed by atoms with van der Waals surface area (Å²) in [6.07, 6.45) is 1.59. The van der Waals surface area contributed by atoms with Crippen molar-refractivity contribution in [2.75, 3.05) is 0 Å². The van der Waals surface area contributed by atoms with Crippen molar-refractivity contribution >= 4 is 38.2 Å². The zero-order valence-corrected chi connectivity index (χ0v) is 13.9. The van der Waals surface area contributed by atoms with E-state index in [4.69, 9.17) is 10.5 Å². The summed E-state index contributed by atoms with van der Waals surface area (Å²) in [4.78, 5) is 5.52. The van der Waals surface area contributed by atoms with Gasteiger partial charge in [0.25, 0.3) is 0 Å². The molecule has 3 rings (SSSR count). The van der Waals surface area contributed by atoms with Crippen molar-refractivity contribution in [1.82, 2.24) is 4.98 Å². The van der Waals surface area contributed by atoms with E-state index in [1.54, 1.807) is 17.5 Å². The Morgan fingerprint density at radius 3 is 2.81 bits per heavy atom. The van der Waals surface area contributed by atoms with Gasteiger partial charge in [-0.3, -0.25) is 4.98 Å². The number of nitrogens with two attached hydrogens (primary N) is 1. The second-order valence-electron chi connectivity index (χ2n) is 4.90. The maximum absolute atomic E-state index is 6.19. The van der Waals surface area contributed by atoms with Gasteiger partial charge in [0.15, 0.2) is 0 Å². The fourth-order valence-corrected chi connectivity index (χ4v) is 3.80. The minimum absolute atomic E-state index is 0.116. The molecule has 3 aromatic rings. The van der Waals surface area contributed by atoms with Crippen molar-refractivity contribution in [1.29, 1.82) is 0 Å². The van der Waals surface area contributed by atoms with Gasteiger partial charge in [-0.1, -0.05) is 18.2 Å². The molecule has 1 aromatic carbocycles. The fraction of sp³-hybridized carbons (Fsp3) is 0.188. The van der Waals surface area contributed by atoms with E-state index in [2.05, 4.69) is 27.0 Å². The van der Waals surface area contributed by atoms with Crippen LogP contribution in [0.1, 0.15) is 17.9 Å². The topological polar surface area (TPSA) is 48.1 Å². The molecule has 0 aliphatic heterocycles. The van der Waals surface area contributed by atoms with Gasteiger partial charge in [-0.2, -0.15) is 0 Å². The lowest BCUT2D eigenvalue weighted by atomic mass is 10.1. The third-order valence-electron chi connectivity index (χ3n) is 3.20. The number of rotatable bonds is 4. The molecule has 21 heavy (non-hydrogen) atoms. The summed E-state index contributed by atoms with van der Waals surface area (Å²) in [7, 11) is 0. The number of thiophene rings is 1. The summed E-state index contributed by atoms with van der Waals surface area (Å²) < 4.78 is 7.24. The van der Waals surface area contributed by atoms with E-state index in [0.717, 1.165) is 26.0 Å². The number of hydrogen-bond donors (Lipinski definition) is 1. The van der Waals surface area contributed by atoms with Crippen LogP contribution >= 0.6 is 27.3 Å². The molecule has 2 heterocycles. The molecule has 0 amide bonds. The van der Waals surface area contributed by atoms with Crippen molar-refractivity contribution in [3.8, 4) is 5.75 Å². The highest BCUT2D eigenvalue weighted by molar-refractivity contribution is 9.10. The van der Waals surface area contributed by atoms with Gasteiger partial charge in [-0.15, -0.1) is 11.3 Å². The summed E-state index contributed by atoms with van der Waals surface area (Å²) in [5.41, 5.74) is 6.98. The lowest BCUT2D eigenvalue weighted by Crippen LogP contribution is -2.28. The molecule has 0 radical (unpaired) electrons. The molecule has 0 fully saturated rings. The van der Waals surface area contributed by atoms with Gasteiger partial charge < -0.3 is 10.5 Å². The normalized spacial score (nSPS) is 14.0. The van der Waals surface area contributed by atoms with Gasteiger partial charge >= 0.3 is 0 Å². The molecule has 0 saturated carbocycles. The zero-order valence-electron chi connectivity index (χ0n) is 11.5. The molecule has 2 aromatic heterocycles. The van der Waals surface area contributed by atoms with Crippen molar-refractivity contribution in [2.24, 2.45) is 5.73 Å². The molecule has 2 atom stereocenters. The number of nitrogens with zero attached hydrogens (tertiary/aromatic N) is 1. The number of para-hydroxylation sites is 1. The zero-order chi connectivity index (χ0) is 14.8. The predicted molar refractivity (Wildman–Crippen MR) is 90.8 cm³/mol. The SMILES string of the molecule is CC(N)C(Oc1cccc2cccnc12)c1cc(Br)cs1. The summed E-state index contributed by atoms with van der Waals surface area (Å²) in [5, 5.41) is 3.10. The Morgan fingerprint density at radius 2 is 2.10 bits per heavy atom. The number of benzene rings is 1. The molecular weight excluding hydrogens is 348 g/mol. The van der Waals surface area contributed by atoms with Crippen molar-refractivity contribution in [3.05, 3.63) is 57.3 Å². The molecule has 5 heteroatoms. The molecule has 0 aliphatic rings. The van der Waals surface area contributed by atoms with Crippen LogP contribution in [0.4, 0.5) is 0 Å². The Hall–Kier alpha value is -1.43. The predicted octanol–water partition coefficient (Wildman–Crippen LogP) is 4.53. The fourth-order valence-electron chi connectivity index (χ4n) is 2.21. The van der Waals surface area contributed by atoms with Crippen LogP contribution in [0.2, 0.25) is 0 Å². The molecule has 2 unspecified atom stereocenters. The molecule has 108 valence electrons. The number of hydrogen-bond acceptors (Lipinski definition) is 4. The summed E-state index contributed by atoms with van der Waals surface area (Å²) in [6.45, 7) is 1.96. The van der Waals surface area contributed by atoms with E-state index in [-0.39, 0.29) is 12.1 Å². The number of aromatic nitrogens is 1. The second-order valence-corrected chi connectivity index (χ2v) is 6.75. The van der Waals surface area contributed by atoms with Gasteiger partial charge in [0, 0.05) is 32.4 Å². The minimum atomic E-state index is -0.186. The highest BCUT2D eigenvalue weighted by atomic mass is 79.9. The van der Waals surface area contributed by atoms with Crippen LogP contribution in [-0.4, -0.2) is 11.0 Å². The Morgan fingerprint density at radius 1 is 1.29 bits per heavy atom. The lowest BCUT2D eigenvalue weighted by molar-refractivity contribution is 0.186. The van der Waals surface area contributed by atoms with Crippen LogP contribution in [0.25, 0.3) is 10.9 Å². The number of ether oxygens (including phenoxy) is 1. The highest BCUT2D eigenvalue weighted by Crippen LogP contribution is 2.33. The van der Waals surface area contributed by atoms with Gasteiger partial charge in [-0.05, 0) is 41.1 Å². The van der Waals surface area contributed by atoms with Crippen molar-refractivity contribution in [2.45, 2.75) is 19.1 Å². The van der Waals surface area contributed by atoms with Crippen molar-refractivity contribution < 1.29 is 4.74 Å². The Kier molecular flexibility index (Phi) is 4.24. The van der Waals surface area contributed by atoms with Crippen LogP contribution < -0.4 is 10.5 Å². The van der Waals surface area contributed by atoms with E-state index in [9.17, 15) is 0 Å². The maximum Gasteiger partial charge on any atom is 0.148 e. The minimum Gasteiger partial charge on any atom is -0.481 e. The Bertz CT molecular complexity index is 751. The summed E-state index contributed by atoms with van der Waals surface area (Å²) in [5.74, 6) is 0.764. The lowest BCUT2D eigenvalue weighted by Gasteiger charge is -2.22. The maximum atomic E-state index is 6.19. The van der Waals surface area contributed by atoms with Crippen molar-refractivity contribution in [3.63, 3.8) is 0 Å². The Balaban J connectivity index is 1.99. The third-order valence-corrected chi connectivity index (χ3v) is 4.95. The molecule has 3 nitrogen and oxygen atoms in total. The highest BCUT2D eigenvalue weighted by Gasteiger charge is 2.21.